The minimum Gasteiger partial charge on any atom is -0.284 e. The summed E-state index contributed by atoms with van der Waals surface area (Å²) in [6.07, 6.45) is 1.80. The molecule has 0 N–H and O–H groups in total. The van der Waals surface area contributed by atoms with E-state index in [1.165, 1.54) is 12.1 Å². The molecule has 0 saturated carbocycles. The fourth-order valence-electron chi connectivity index (χ4n) is 3.74. The second kappa shape index (κ2) is 7.09. The molecule has 1 aliphatic rings. The van der Waals surface area contributed by atoms with Gasteiger partial charge in [-0.25, -0.2) is 9.13 Å². The van der Waals surface area contributed by atoms with Crippen LogP contribution in [0.15, 0.2) is 54.9 Å². The summed E-state index contributed by atoms with van der Waals surface area (Å²) in [5.41, 5.74) is 2.43. The van der Waals surface area contributed by atoms with E-state index >= 15 is 0 Å². The number of nitro groups is 1. The van der Waals surface area contributed by atoms with Crippen LogP contribution in [0.25, 0.3) is 0 Å². The van der Waals surface area contributed by atoms with E-state index in [9.17, 15) is 19.7 Å². The maximum absolute atomic E-state index is 13.2. The molecule has 0 unspecified atom stereocenters. The van der Waals surface area contributed by atoms with Gasteiger partial charge in [-0.3, -0.25) is 19.7 Å². The number of nitrogens with zero attached hydrogens (tertiary/aromatic N) is 3. The maximum atomic E-state index is 13.2. The van der Waals surface area contributed by atoms with E-state index in [2.05, 4.69) is 13.8 Å². The molecule has 0 aliphatic heterocycles. The van der Waals surface area contributed by atoms with Gasteiger partial charge in [0, 0.05) is 23.3 Å². The molecule has 2 aromatic carbocycles. The van der Waals surface area contributed by atoms with Gasteiger partial charge in [-0.1, -0.05) is 38.1 Å². The third-order valence-electron chi connectivity index (χ3n) is 4.99. The number of hydrogen-bond donors (Lipinski definition) is 0. The van der Waals surface area contributed by atoms with E-state index in [0.717, 1.165) is 5.56 Å². The molecule has 1 aliphatic carbocycles. The molecule has 29 heavy (non-hydrogen) atoms. The summed E-state index contributed by atoms with van der Waals surface area (Å²) >= 11 is 0. The third kappa shape index (κ3) is 3.24. The Morgan fingerprint density at radius 2 is 1.62 bits per heavy atom. The first-order valence-electron chi connectivity index (χ1n) is 9.41. The Hall–Kier alpha value is -3.61. The number of aromatic nitrogens is 2. The van der Waals surface area contributed by atoms with Gasteiger partial charge in [-0.2, -0.15) is 0 Å². The summed E-state index contributed by atoms with van der Waals surface area (Å²) in [5, 5.41) is 10.9. The molecule has 0 radical (unpaired) electrons. The summed E-state index contributed by atoms with van der Waals surface area (Å²) in [4.78, 5) is 36.8. The average molecular weight is 390 g/mol. The van der Waals surface area contributed by atoms with Crippen LogP contribution in [0.5, 0.6) is 0 Å². The number of fused-ring (bicyclic) bond motifs is 2. The van der Waals surface area contributed by atoms with E-state index in [1.54, 1.807) is 47.3 Å². The molecule has 1 heterocycles. The maximum Gasteiger partial charge on any atom is 0.269 e. The summed E-state index contributed by atoms with van der Waals surface area (Å²) in [5.74, 6) is -0.0442. The predicted molar refractivity (Wildman–Crippen MR) is 105 cm³/mol. The van der Waals surface area contributed by atoms with E-state index in [0.29, 0.717) is 41.5 Å². The van der Waals surface area contributed by atoms with E-state index in [-0.39, 0.29) is 17.3 Å². The first kappa shape index (κ1) is 18.7. The van der Waals surface area contributed by atoms with Gasteiger partial charge in [-0.05, 0) is 23.6 Å². The van der Waals surface area contributed by atoms with Gasteiger partial charge in [0.1, 0.15) is 6.54 Å². The predicted octanol–water partition coefficient (Wildman–Crippen LogP) is 3.16. The molecule has 1 aromatic heterocycles. The van der Waals surface area contributed by atoms with Gasteiger partial charge in [0.2, 0.25) is 29.3 Å². The van der Waals surface area contributed by atoms with E-state index in [4.69, 9.17) is 0 Å². The van der Waals surface area contributed by atoms with Gasteiger partial charge < -0.3 is 0 Å². The highest BCUT2D eigenvalue weighted by Crippen LogP contribution is 2.26. The average Bonchev–Trinajstić information content (AvgIpc) is 3.04. The molecule has 0 spiro atoms. The fourth-order valence-corrected chi connectivity index (χ4v) is 3.74. The van der Waals surface area contributed by atoms with Crippen LogP contribution in [0.1, 0.15) is 51.5 Å². The van der Waals surface area contributed by atoms with Crippen LogP contribution in [0.3, 0.4) is 0 Å². The second-order valence-corrected chi connectivity index (χ2v) is 7.61. The van der Waals surface area contributed by atoms with Gasteiger partial charge in [0.25, 0.3) is 5.69 Å². The van der Waals surface area contributed by atoms with Crippen LogP contribution >= 0.6 is 0 Å². The summed E-state index contributed by atoms with van der Waals surface area (Å²) in [6, 6.07) is 13.1. The number of carbonyl (C=O) groups is 2. The normalized spacial score (nSPS) is 12.8. The number of benzene rings is 2. The van der Waals surface area contributed by atoms with Crippen LogP contribution in [-0.4, -0.2) is 21.1 Å². The topological polar surface area (TPSA) is 86.1 Å². The van der Waals surface area contributed by atoms with Crippen molar-refractivity contribution < 1.29 is 19.1 Å². The molecule has 0 saturated heterocycles. The first-order valence-corrected chi connectivity index (χ1v) is 9.41. The van der Waals surface area contributed by atoms with E-state index in [1.807, 2.05) is 4.57 Å². The minimum absolute atomic E-state index is 0.0124. The zero-order chi connectivity index (χ0) is 20.7. The van der Waals surface area contributed by atoms with Crippen molar-refractivity contribution in [3.05, 3.63) is 93.1 Å². The number of hydrogen-bond acceptors (Lipinski definition) is 4. The van der Waals surface area contributed by atoms with Crippen LogP contribution in [0, 0.1) is 16.0 Å². The lowest BCUT2D eigenvalue weighted by atomic mass is 9.89. The quantitative estimate of drug-likeness (QED) is 0.298. The molecule has 0 amide bonds. The summed E-state index contributed by atoms with van der Waals surface area (Å²) < 4.78 is 3.62. The molecule has 4 rings (SSSR count). The summed E-state index contributed by atoms with van der Waals surface area (Å²) in [7, 11) is 0. The molecule has 3 aromatic rings. The Kier molecular flexibility index (Phi) is 4.58. The standard InChI is InChI=1S/C22H20N3O4/c1-14(2)11-23-13-24(12-15-7-9-16(10-8-15)25(28)29)20-19(23)21(26)17-5-3-4-6-18(17)22(20)27/h3-10,13-14H,11-12H2,1-2H3/q+1. The van der Waals surface area contributed by atoms with Crippen molar-refractivity contribution in [1.82, 2.24) is 4.57 Å². The highest BCUT2D eigenvalue weighted by Gasteiger charge is 2.41. The van der Waals surface area contributed by atoms with E-state index < -0.39 is 4.92 Å². The van der Waals surface area contributed by atoms with Crippen LogP contribution < -0.4 is 4.57 Å². The van der Waals surface area contributed by atoms with Gasteiger partial charge in [0.15, 0.2) is 0 Å². The van der Waals surface area contributed by atoms with Crippen molar-refractivity contribution in [3.63, 3.8) is 0 Å². The number of carbonyl (C=O) groups excluding carboxylic acids is 2. The number of non-ortho nitro benzene ring substituents is 1. The Morgan fingerprint density at radius 1 is 1.00 bits per heavy atom. The SMILES string of the molecule is CC(C)Cn1c[n+](Cc2ccc([N+](=O)[O-])cc2)c2c1C(=O)c1ccccc1C2=O. The second-order valence-electron chi connectivity index (χ2n) is 7.61. The fraction of sp³-hybridized carbons (Fsp3) is 0.227. The lowest BCUT2D eigenvalue weighted by Crippen LogP contribution is -2.41. The van der Waals surface area contributed by atoms with Gasteiger partial charge in [0.05, 0.1) is 11.5 Å². The Labute approximate surface area is 167 Å². The lowest BCUT2D eigenvalue weighted by molar-refractivity contribution is -0.689. The van der Waals surface area contributed by atoms with Crippen LogP contribution in [0.2, 0.25) is 0 Å². The Bertz CT molecular complexity index is 1140. The first-order chi connectivity index (χ1) is 13.9. The Morgan fingerprint density at radius 3 is 2.21 bits per heavy atom. The van der Waals surface area contributed by atoms with Crippen molar-refractivity contribution in [2.24, 2.45) is 5.92 Å². The number of imidazole rings is 1. The molecular formula is C22H20N3O4+. The number of nitro benzene ring substituents is 1. The lowest BCUT2D eigenvalue weighted by Gasteiger charge is -2.13. The van der Waals surface area contributed by atoms with Crippen LogP contribution in [-0.2, 0) is 13.1 Å². The zero-order valence-corrected chi connectivity index (χ0v) is 16.2. The smallest absolute Gasteiger partial charge is 0.269 e. The summed E-state index contributed by atoms with van der Waals surface area (Å²) in [6.45, 7) is 5.05. The highest BCUT2D eigenvalue weighted by molar-refractivity contribution is 6.26. The molecule has 7 nitrogen and oxygen atoms in total. The number of rotatable bonds is 5. The van der Waals surface area contributed by atoms with Gasteiger partial charge in [-0.15, -0.1) is 0 Å². The van der Waals surface area contributed by atoms with Crippen molar-refractivity contribution in [2.75, 3.05) is 0 Å². The monoisotopic (exact) mass is 390 g/mol. The molecule has 146 valence electrons. The molecular weight excluding hydrogens is 370 g/mol. The zero-order valence-electron chi connectivity index (χ0n) is 16.2. The minimum atomic E-state index is -0.447. The van der Waals surface area contributed by atoms with Crippen molar-refractivity contribution in [3.8, 4) is 0 Å². The Balaban J connectivity index is 1.81. The van der Waals surface area contributed by atoms with Gasteiger partial charge >= 0.3 is 0 Å². The largest absolute Gasteiger partial charge is 0.284 e. The van der Waals surface area contributed by atoms with Crippen molar-refractivity contribution >= 4 is 17.3 Å². The highest BCUT2D eigenvalue weighted by atomic mass is 16.6. The molecule has 7 heteroatoms. The number of ketones is 2. The van der Waals surface area contributed by atoms with Crippen molar-refractivity contribution in [1.29, 1.82) is 0 Å². The molecule has 0 fully saturated rings. The third-order valence-corrected chi connectivity index (χ3v) is 4.99. The van der Waals surface area contributed by atoms with Crippen LogP contribution in [0.4, 0.5) is 5.69 Å². The molecule has 0 bridgehead atoms. The molecule has 0 atom stereocenters. The van der Waals surface area contributed by atoms with Crippen molar-refractivity contribution in [2.45, 2.75) is 26.9 Å².